The summed E-state index contributed by atoms with van der Waals surface area (Å²) >= 11 is 0. The molecule has 0 spiro atoms. The number of nitrogens with zero attached hydrogens (tertiary/aromatic N) is 1. The third-order valence-corrected chi connectivity index (χ3v) is 2.34. The van der Waals surface area contributed by atoms with E-state index in [-0.39, 0.29) is 6.04 Å². The van der Waals surface area contributed by atoms with Crippen LogP contribution in [0.3, 0.4) is 0 Å². The van der Waals surface area contributed by atoms with Crippen LogP contribution >= 0.6 is 0 Å². The minimum Gasteiger partial charge on any atom is -0.494 e. The number of carbonyl (C=O) groups excluding carboxylic acids is 2. The van der Waals surface area contributed by atoms with E-state index in [9.17, 15) is 9.59 Å². The molecule has 114 valence electrons. The van der Waals surface area contributed by atoms with Gasteiger partial charge in [0.1, 0.15) is 5.75 Å². The van der Waals surface area contributed by atoms with E-state index in [2.05, 4.69) is 15.8 Å². The molecule has 0 saturated carbocycles. The first-order valence-electron chi connectivity index (χ1n) is 6.89. The fraction of sp³-hybridized carbons (Fsp3) is 0.400. The van der Waals surface area contributed by atoms with Gasteiger partial charge in [-0.25, -0.2) is 5.43 Å². The molecule has 0 fully saturated rings. The number of benzene rings is 1. The van der Waals surface area contributed by atoms with Gasteiger partial charge in [0.15, 0.2) is 0 Å². The van der Waals surface area contributed by atoms with Gasteiger partial charge in [-0.2, -0.15) is 5.10 Å². The Hall–Kier alpha value is -2.37. The molecule has 0 saturated heterocycles. The van der Waals surface area contributed by atoms with E-state index in [1.54, 1.807) is 19.9 Å². The van der Waals surface area contributed by atoms with Crippen molar-refractivity contribution < 1.29 is 14.3 Å². The Bertz CT molecular complexity index is 513. The zero-order valence-corrected chi connectivity index (χ0v) is 12.6. The summed E-state index contributed by atoms with van der Waals surface area (Å²) in [4.78, 5) is 22.8. The molecule has 0 unspecified atom stereocenters. The Morgan fingerprint density at radius 1 is 1.33 bits per heavy atom. The van der Waals surface area contributed by atoms with Crippen LogP contribution in [-0.4, -0.2) is 30.7 Å². The van der Waals surface area contributed by atoms with Crippen LogP contribution in [0.4, 0.5) is 0 Å². The number of hydrazone groups is 1. The van der Waals surface area contributed by atoms with Crippen LogP contribution in [0.1, 0.15) is 32.8 Å². The molecule has 0 atom stereocenters. The Labute approximate surface area is 124 Å². The van der Waals surface area contributed by atoms with Crippen LogP contribution in [-0.2, 0) is 9.59 Å². The van der Waals surface area contributed by atoms with Crippen LogP contribution in [0.15, 0.2) is 29.4 Å². The lowest BCUT2D eigenvalue weighted by Crippen LogP contribution is -2.41. The Balaban J connectivity index is 2.53. The molecule has 0 aliphatic heterocycles. The number of ether oxygens (including phenoxy) is 1. The Kier molecular flexibility index (Phi) is 6.94. The lowest BCUT2D eigenvalue weighted by atomic mass is 10.2. The number of hydrogen-bond donors (Lipinski definition) is 2. The van der Waals surface area contributed by atoms with Gasteiger partial charge in [0, 0.05) is 6.04 Å². The number of hydrogen-bond acceptors (Lipinski definition) is 4. The zero-order chi connectivity index (χ0) is 15.7. The molecular formula is C15H21N3O3. The highest BCUT2D eigenvalue weighted by Crippen LogP contribution is 2.12. The van der Waals surface area contributed by atoms with Crippen LogP contribution < -0.4 is 15.5 Å². The van der Waals surface area contributed by atoms with E-state index >= 15 is 0 Å². The zero-order valence-electron chi connectivity index (χ0n) is 12.6. The topological polar surface area (TPSA) is 79.8 Å². The molecule has 21 heavy (non-hydrogen) atoms. The van der Waals surface area contributed by atoms with Crippen LogP contribution in [0.5, 0.6) is 5.75 Å². The van der Waals surface area contributed by atoms with Crippen molar-refractivity contribution in [3.8, 4) is 5.75 Å². The quantitative estimate of drug-likeness (QED) is 0.473. The fourth-order valence-electron chi connectivity index (χ4n) is 1.45. The molecule has 0 aliphatic carbocycles. The summed E-state index contributed by atoms with van der Waals surface area (Å²) in [6.07, 6.45) is 2.39. The highest BCUT2D eigenvalue weighted by molar-refractivity contribution is 6.35. The summed E-state index contributed by atoms with van der Waals surface area (Å²) in [5.41, 5.74) is 2.95. The standard InChI is InChI=1S/C15H21N3O3/c1-4-8-21-13-7-5-6-12(9-13)10-16-18-15(20)14(19)17-11(2)3/h5-7,9-11H,4,8H2,1-3H3,(H,17,19)(H,18,20)/b16-10-. The largest absolute Gasteiger partial charge is 0.494 e. The lowest BCUT2D eigenvalue weighted by Gasteiger charge is -2.06. The van der Waals surface area contributed by atoms with Crippen molar-refractivity contribution in [2.45, 2.75) is 33.2 Å². The van der Waals surface area contributed by atoms with Gasteiger partial charge >= 0.3 is 11.8 Å². The van der Waals surface area contributed by atoms with Crippen LogP contribution in [0.25, 0.3) is 0 Å². The van der Waals surface area contributed by atoms with Crippen molar-refractivity contribution in [2.24, 2.45) is 5.10 Å². The summed E-state index contributed by atoms with van der Waals surface area (Å²) in [6, 6.07) is 7.21. The highest BCUT2D eigenvalue weighted by atomic mass is 16.5. The van der Waals surface area contributed by atoms with Crippen molar-refractivity contribution >= 4 is 18.0 Å². The molecule has 2 N–H and O–H groups in total. The molecule has 0 bridgehead atoms. The normalized spacial score (nSPS) is 10.7. The van der Waals surface area contributed by atoms with E-state index in [1.807, 2.05) is 25.1 Å². The molecule has 0 radical (unpaired) electrons. The number of carbonyl (C=O) groups is 2. The molecule has 1 aromatic rings. The monoisotopic (exact) mass is 291 g/mol. The smallest absolute Gasteiger partial charge is 0.329 e. The molecule has 6 heteroatoms. The van der Waals surface area contributed by atoms with Crippen LogP contribution in [0, 0.1) is 0 Å². The van der Waals surface area contributed by atoms with Crippen molar-refractivity contribution in [3.63, 3.8) is 0 Å². The first kappa shape index (κ1) is 16.7. The van der Waals surface area contributed by atoms with Crippen molar-refractivity contribution in [1.29, 1.82) is 0 Å². The number of amides is 2. The minimum absolute atomic E-state index is 0.0976. The molecule has 0 aliphatic rings. The van der Waals surface area contributed by atoms with Gasteiger partial charge in [-0.3, -0.25) is 9.59 Å². The second-order valence-corrected chi connectivity index (χ2v) is 4.75. The fourth-order valence-corrected chi connectivity index (χ4v) is 1.45. The van der Waals surface area contributed by atoms with Gasteiger partial charge < -0.3 is 10.1 Å². The first-order chi connectivity index (χ1) is 10.0. The second-order valence-electron chi connectivity index (χ2n) is 4.75. The molecule has 1 rings (SSSR count). The summed E-state index contributed by atoms with van der Waals surface area (Å²) < 4.78 is 5.49. The van der Waals surface area contributed by atoms with E-state index in [0.717, 1.165) is 17.7 Å². The molecule has 2 amide bonds. The maximum atomic E-state index is 11.4. The van der Waals surface area contributed by atoms with E-state index in [1.165, 1.54) is 6.21 Å². The number of rotatable bonds is 6. The summed E-state index contributed by atoms with van der Waals surface area (Å²) in [6.45, 7) is 6.22. The van der Waals surface area contributed by atoms with E-state index in [4.69, 9.17) is 4.74 Å². The lowest BCUT2D eigenvalue weighted by molar-refractivity contribution is -0.139. The number of nitrogens with one attached hydrogen (secondary N) is 2. The average Bonchev–Trinajstić information content (AvgIpc) is 2.44. The average molecular weight is 291 g/mol. The van der Waals surface area contributed by atoms with Gasteiger partial charge in [-0.1, -0.05) is 19.1 Å². The van der Waals surface area contributed by atoms with E-state index in [0.29, 0.717) is 6.61 Å². The second kappa shape index (κ2) is 8.73. The maximum Gasteiger partial charge on any atom is 0.329 e. The third kappa shape index (κ3) is 6.56. The van der Waals surface area contributed by atoms with Gasteiger partial charge in [-0.05, 0) is 38.0 Å². The molecule has 6 nitrogen and oxygen atoms in total. The van der Waals surface area contributed by atoms with Gasteiger partial charge in [0.05, 0.1) is 12.8 Å². The van der Waals surface area contributed by atoms with Gasteiger partial charge in [0.2, 0.25) is 0 Å². The van der Waals surface area contributed by atoms with Gasteiger partial charge in [0.25, 0.3) is 0 Å². The summed E-state index contributed by atoms with van der Waals surface area (Å²) in [7, 11) is 0. The SMILES string of the molecule is CCCOc1cccc(/C=N\NC(=O)C(=O)NC(C)C)c1. The predicted octanol–water partition coefficient (Wildman–Crippen LogP) is 1.45. The minimum atomic E-state index is -0.793. The van der Waals surface area contributed by atoms with Crippen molar-refractivity contribution in [3.05, 3.63) is 29.8 Å². The van der Waals surface area contributed by atoms with Crippen molar-refractivity contribution in [2.75, 3.05) is 6.61 Å². The first-order valence-corrected chi connectivity index (χ1v) is 6.89. The predicted molar refractivity (Wildman–Crippen MR) is 81.2 cm³/mol. The third-order valence-electron chi connectivity index (χ3n) is 2.34. The summed E-state index contributed by atoms with van der Waals surface area (Å²) in [5, 5.41) is 6.23. The van der Waals surface area contributed by atoms with Crippen molar-refractivity contribution in [1.82, 2.24) is 10.7 Å². The molecular weight excluding hydrogens is 270 g/mol. The molecule has 0 heterocycles. The Morgan fingerprint density at radius 3 is 2.76 bits per heavy atom. The van der Waals surface area contributed by atoms with E-state index < -0.39 is 11.8 Å². The Morgan fingerprint density at radius 2 is 2.10 bits per heavy atom. The maximum absolute atomic E-state index is 11.4. The molecule has 1 aromatic carbocycles. The highest BCUT2D eigenvalue weighted by Gasteiger charge is 2.12. The molecule has 0 aromatic heterocycles. The van der Waals surface area contributed by atoms with Gasteiger partial charge in [-0.15, -0.1) is 0 Å². The summed E-state index contributed by atoms with van der Waals surface area (Å²) in [5.74, 6) is -0.759. The van der Waals surface area contributed by atoms with Crippen LogP contribution in [0.2, 0.25) is 0 Å².